The van der Waals surface area contributed by atoms with Gasteiger partial charge >= 0.3 is 18.0 Å². The highest BCUT2D eigenvalue weighted by Crippen LogP contribution is 2.36. The van der Waals surface area contributed by atoms with Crippen LogP contribution in [0, 0.1) is 11.6 Å². The minimum absolute atomic E-state index is 0.00450. The number of ether oxygens (including phenoxy) is 1. The number of nitrogens with one attached hydrogen (secondary N) is 1. The van der Waals surface area contributed by atoms with Gasteiger partial charge in [0.1, 0.15) is 11.6 Å². The van der Waals surface area contributed by atoms with Gasteiger partial charge in [0.05, 0.1) is 35.0 Å². The Balaban J connectivity index is 2.20. The fourth-order valence-corrected chi connectivity index (χ4v) is 3.31. The van der Waals surface area contributed by atoms with Crippen molar-refractivity contribution in [1.82, 2.24) is 5.32 Å². The van der Waals surface area contributed by atoms with Gasteiger partial charge in [0.2, 0.25) is 0 Å². The van der Waals surface area contributed by atoms with Crippen molar-refractivity contribution in [1.29, 1.82) is 0 Å². The minimum atomic E-state index is -1.42. The number of urea groups is 1. The molecule has 7 nitrogen and oxygen atoms in total. The van der Waals surface area contributed by atoms with Gasteiger partial charge in [-0.3, -0.25) is 4.90 Å². The highest BCUT2D eigenvalue weighted by molar-refractivity contribution is 6.03. The number of carboxylic acid groups (broad SMARTS) is 1. The lowest BCUT2D eigenvalue weighted by atomic mass is 9.93. The standard InChI is InChI=1S/C21H18F2N2O5/c1-3-30-20(28)16-11(2)25(13-7-4-6-12(10-13)19(26)27)21(29)24-18(16)17-14(22)8-5-9-15(17)23/h4-10,18H,3H2,1-2H3,(H,24,29)(H,26,27)/t18-/m0/s1. The zero-order valence-corrected chi connectivity index (χ0v) is 16.1. The Bertz CT molecular complexity index is 1050. The third-order valence-electron chi connectivity index (χ3n) is 4.62. The molecule has 0 fully saturated rings. The molecule has 1 atom stereocenters. The average molecular weight is 416 g/mol. The molecule has 156 valence electrons. The summed E-state index contributed by atoms with van der Waals surface area (Å²) in [7, 11) is 0. The lowest BCUT2D eigenvalue weighted by molar-refractivity contribution is -0.139. The number of anilines is 1. The van der Waals surface area contributed by atoms with Crippen molar-refractivity contribution in [2.24, 2.45) is 0 Å². The topological polar surface area (TPSA) is 95.9 Å². The Morgan fingerprint density at radius 3 is 2.40 bits per heavy atom. The molecule has 2 aromatic carbocycles. The van der Waals surface area contributed by atoms with Gasteiger partial charge in [0, 0.05) is 5.70 Å². The average Bonchev–Trinajstić information content (AvgIpc) is 2.68. The normalized spacial score (nSPS) is 16.3. The van der Waals surface area contributed by atoms with Crippen LogP contribution in [0.4, 0.5) is 19.3 Å². The van der Waals surface area contributed by atoms with Gasteiger partial charge in [-0.05, 0) is 44.2 Å². The fourth-order valence-electron chi connectivity index (χ4n) is 3.31. The molecule has 1 aliphatic rings. The van der Waals surface area contributed by atoms with E-state index in [2.05, 4.69) is 5.32 Å². The Kier molecular flexibility index (Phi) is 5.81. The van der Waals surface area contributed by atoms with Crippen molar-refractivity contribution >= 4 is 23.7 Å². The number of aromatic carboxylic acids is 1. The molecule has 3 rings (SSSR count). The van der Waals surface area contributed by atoms with Crippen LogP contribution in [0.3, 0.4) is 0 Å². The van der Waals surface area contributed by atoms with Crippen LogP contribution >= 0.6 is 0 Å². The molecule has 0 bridgehead atoms. The zero-order chi connectivity index (χ0) is 22.0. The second kappa shape index (κ2) is 8.32. The molecule has 0 aromatic heterocycles. The number of hydrogen-bond donors (Lipinski definition) is 2. The van der Waals surface area contributed by atoms with Crippen LogP contribution in [0.5, 0.6) is 0 Å². The summed E-state index contributed by atoms with van der Waals surface area (Å²) in [4.78, 5) is 37.9. The first-order valence-electron chi connectivity index (χ1n) is 9.02. The number of hydrogen-bond acceptors (Lipinski definition) is 4. The van der Waals surface area contributed by atoms with E-state index in [0.717, 1.165) is 17.0 Å². The summed E-state index contributed by atoms with van der Waals surface area (Å²) in [5.74, 6) is -3.93. The number of esters is 1. The second-order valence-electron chi connectivity index (χ2n) is 6.43. The molecule has 2 N–H and O–H groups in total. The van der Waals surface area contributed by atoms with E-state index in [1.54, 1.807) is 6.92 Å². The lowest BCUT2D eigenvalue weighted by Crippen LogP contribution is -2.48. The SMILES string of the molecule is CCOC(=O)C1=C(C)N(c2cccc(C(=O)O)c2)C(=O)N[C@@H]1c1c(F)cccc1F. The highest BCUT2D eigenvalue weighted by Gasteiger charge is 2.39. The predicted molar refractivity (Wildman–Crippen MR) is 103 cm³/mol. The Labute approximate surface area is 170 Å². The molecular weight excluding hydrogens is 398 g/mol. The molecule has 2 aromatic rings. The fraction of sp³-hybridized carbons (Fsp3) is 0.190. The van der Waals surface area contributed by atoms with Crippen LogP contribution in [0.1, 0.15) is 35.8 Å². The van der Waals surface area contributed by atoms with Crippen molar-refractivity contribution in [2.45, 2.75) is 19.9 Å². The van der Waals surface area contributed by atoms with E-state index >= 15 is 0 Å². The lowest BCUT2D eigenvalue weighted by Gasteiger charge is -2.35. The van der Waals surface area contributed by atoms with Crippen molar-refractivity contribution in [2.75, 3.05) is 11.5 Å². The van der Waals surface area contributed by atoms with Gasteiger partial charge < -0.3 is 15.2 Å². The van der Waals surface area contributed by atoms with Gasteiger partial charge in [0.25, 0.3) is 0 Å². The third kappa shape index (κ3) is 3.73. The number of carbonyl (C=O) groups excluding carboxylic acids is 2. The number of amides is 2. The molecule has 2 amide bonds. The van der Waals surface area contributed by atoms with Crippen LogP contribution < -0.4 is 10.2 Å². The smallest absolute Gasteiger partial charge is 0.338 e. The molecule has 9 heteroatoms. The van der Waals surface area contributed by atoms with Gasteiger partial charge in [-0.2, -0.15) is 0 Å². The quantitative estimate of drug-likeness (QED) is 0.724. The minimum Gasteiger partial charge on any atom is -0.478 e. The molecular formula is C21H18F2N2O5. The number of halogens is 2. The first-order valence-corrected chi connectivity index (χ1v) is 9.02. The van der Waals surface area contributed by atoms with Gasteiger partial charge in [-0.25, -0.2) is 23.2 Å². The number of carboxylic acids is 1. The number of nitrogens with zero attached hydrogens (tertiary/aromatic N) is 1. The molecule has 0 aliphatic carbocycles. The second-order valence-corrected chi connectivity index (χ2v) is 6.43. The molecule has 0 spiro atoms. The number of rotatable bonds is 5. The molecule has 1 heterocycles. The maximum absolute atomic E-state index is 14.4. The summed E-state index contributed by atoms with van der Waals surface area (Å²) < 4.78 is 33.9. The molecule has 1 aliphatic heterocycles. The summed E-state index contributed by atoms with van der Waals surface area (Å²) in [5, 5.41) is 11.6. The van der Waals surface area contributed by atoms with Crippen LogP contribution in [0.2, 0.25) is 0 Å². The van der Waals surface area contributed by atoms with Gasteiger partial charge in [-0.1, -0.05) is 12.1 Å². The maximum Gasteiger partial charge on any atom is 0.338 e. The van der Waals surface area contributed by atoms with Gasteiger partial charge in [0.15, 0.2) is 0 Å². The highest BCUT2D eigenvalue weighted by atomic mass is 19.1. The summed E-state index contributed by atoms with van der Waals surface area (Å²) >= 11 is 0. The van der Waals surface area contributed by atoms with Gasteiger partial charge in [-0.15, -0.1) is 0 Å². The van der Waals surface area contributed by atoms with E-state index < -0.39 is 41.2 Å². The monoisotopic (exact) mass is 416 g/mol. The Morgan fingerprint density at radius 1 is 1.17 bits per heavy atom. The predicted octanol–water partition coefficient (Wildman–Crippen LogP) is 3.77. The first-order chi connectivity index (χ1) is 14.3. The van der Waals surface area contributed by atoms with Crippen molar-refractivity contribution in [3.8, 4) is 0 Å². The van der Waals surface area contributed by atoms with Crippen LogP contribution in [0.25, 0.3) is 0 Å². The molecule has 0 saturated carbocycles. The van der Waals surface area contributed by atoms with Crippen molar-refractivity contribution < 1.29 is 33.0 Å². The molecule has 30 heavy (non-hydrogen) atoms. The summed E-state index contributed by atoms with van der Waals surface area (Å²) in [6, 6.07) is 6.51. The summed E-state index contributed by atoms with van der Waals surface area (Å²) in [6.45, 7) is 3.00. The molecule has 0 saturated heterocycles. The third-order valence-corrected chi connectivity index (χ3v) is 4.62. The number of benzene rings is 2. The van der Waals surface area contributed by atoms with Crippen LogP contribution in [-0.2, 0) is 9.53 Å². The van der Waals surface area contributed by atoms with Crippen molar-refractivity contribution in [3.63, 3.8) is 0 Å². The van der Waals surface area contributed by atoms with E-state index in [-0.39, 0.29) is 29.1 Å². The van der Waals surface area contributed by atoms with Crippen molar-refractivity contribution in [3.05, 3.63) is 76.5 Å². The molecule has 0 unspecified atom stereocenters. The number of carbonyl (C=O) groups is 3. The van der Waals surface area contributed by atoms with E-state index in [4.69, 9.17) is 4.74 Å². The number of allylic oxidation sites excluding steroid dienone is 1. The zero-order valence-electron chi connectivity index (χ0n) is 16.1. The van der Waals surface area contributed by atoms with Crippen LogP contribution in [-0.4, -0.2) is 29.7 Å². The van der Waals surface area contributed by atoms with E-state index in [1.807, 2.05) is 0 Å². The Hall–Kier alpha value is -3.75. The first kappa shape index (κ1) is 21.0. The van der Waals surface area contributed by atoms with E-state index in [0.29, 0.717) is 0 Å². The maximum atomic E-state index is 14.4. The van der Waals surface area contributed by atoms with Crippen LogP contribution in [0.15, 0.2) is 53.7 Å². The summed E-state index contributed by atoms with van der Waals surface area (Å²) in [6.07, 6.45) is 0. The van der Waals surface area contributed by atoms with E-state index in [9.17, 15) is 28.3 Å². The molecule has 0 radical (unpaired) electrons. The summed E-state index contributed by atoms with van der Waals surface area (Å²) in [5.41, 5.74) is -0.507. The van der Waals surface area contributed by atoms with E-state index in [1.165, 1.54) is 37.3 Å². The largest absolute Gasteiger partial charge is 0.478 e. The Morgan fingerprint density at radius 2 is 1.80 bits per heavy atom.